The third-order valence-electron chi connectivity index (χ3n) is 10.7. The summed E-state index contributed by atoms with van der Waals surface area (Å²) in [6.07, 6.45) is 18.5. The van der Waals surface area contributed by atoms with E-state index in [1.165, 1.54) is 50.5 Å². The average Bonchev–Trinajstić information content (AvgIpc) is 3.06. The summed E-state index contributed by atoms with van der Waals surface area (Å²) in [4.78, 5) is 12.1. The predicted octanol–water partition coefficient (Wildman–Crippen LogP) is 8.01. The molecule has 0 bridgehead atoms. The Morgan fingerprint density at radius 2 is 1.77 bits per heavy atom. The first kappa shape index (κ1) is 22.3. The minimum absolute atomic E-state index is 0.313. The van der Waals surface area contributed by atoms with Gasteiger partial charge in [0, 0.05) is 6.42 Å². The first-order chi connectivity index (χ1) is 14.2. The third-order valence-corrected chi connectivity index (χ3v) is 10.7. The van der Waals surface area contributed by atoms with Crippen molar-refractivity contribution < 1.29 is 4.79 Å². The SMILES string of the molecule is CC[C@H](/C=C/C(C)C1CCC2C3CCC4=CC(=O)CC[C@]4(C)C3CC[C@]12C)C(C)C. The summed E-state index contributed by atoms with van der Waals surface area (Å²) in [5.74, 6) is 6.01. The third kappa shape index (κ3) is 3.57. The van der Waals surface area contributed by atoms with Crippen LogP contribution in [0.25, 0.3) is 0 Å². The van der Waals surface area contributed by atoms with Crippen molar-refractivity contribution in [3.8, 4) is 0 Å². The van der Waals surface area contributed by atoms with Crippen molar-refractivity contribution >= 4 is 5.78 Å². The van der Waals surface area contributed by atoms with E-state index in [2.05, 4.69) is 59.8 Å². The highest BCUT2D eigenvalue weighted by Crippen LogP contribution is 2.67. The Morgan fingerprint density at radius 3 is 2.47 bits per heavy atom. The largest absolute Gasteiger partial charge is 0.295 e. The van der Waals surface area contributed by atoms with Gasteiger partial charge in [0.25, 0.3) is 0 Å². The molecule has 5 unspecified atom stereocenters. The summed E-state index contributed by atoms with van der Waals surface area (Å²) in [6.45, 7) is 14.7. The monoisotopic (exact) mass is 410 g/mol. The van der Waals surface area contributed by atoms with E-state index >= 15 is 0 Å². The van der Waals surface area contributed by atoms with Crippen molar-refractivity contribution in [1.29, 1.82) is 0 Å². The minimum atomic E-state index is 0.313. The molecule has 0 radical (unpaired) electrons. The molecular weight excluding hydrogens is 364 g/mol. The van der Waals surface area contributed by atoms with Crippen LogP contribution in [-0.2, 0) is 4.79 Å². The second kappa shape index (κ2) is 8.25. The molecule has 0 heterocycles. The fraction of sp³-hybridized carbons (Fsp3) is 0.828. The quantitative estimate of drug-likeness (QED) is 0.419. The van der Waals surface area contributed by atoms with Crippen molar-refractivity contribution in [2.75, 3.05) is 0 Å². The van der Waals surface area contributed by atoms with Crippen LogP contribution >= 0.6 is 0 Å². The lowest BCUT2D eigenvalue weighted by atomic mass is 9.46. The molecule has 0 spiro atoms. The van der Waals surface area contributed by atoms with E-state index in [0.29, 0.717) is 22.5 Å². The van der Waals surface area contributed by atoms with Crippen LogP contribution in [0.15, 0.2) is 23.8 Å². The van der Waals surface area contributed by atoms with Crippen LogP contribution in [-0.4, -0.2) is 5.78 Å². The average molecular weight is 411 g/mol. The molecular formula is C29H46O. The number of ketones is 1. The summed E-state index contributed by atoms with van der Waals surface area (Å²) in [5.41, 5.74) is 2.34. The molecule has 4 aliphatic rings. The van der Waals surface area contributed by atoms with Gasteiger partial charge in [-0.3, -0.25) is 4.79 Å². The summed E-state index contributed by atoms with van der Waals surface area (Å²) in [6, 6.07) is 0. The molecule has 1 nitrogen and oxygen atoms in total. The van der Waals surface area contributed by atoms with Crippen molar-refractivity contribution in [2.24, 2.45) is 52.3 Å². The molecule has 4 rings (SSSR count). The highest BCUT2D eigenvalue weighted by molar-refractivity contribution is 5.91. The van der Waals surface area contributed by atoms with Crippen LogP contribution in [0.2, 0.25) is 0 Å². The van der Waals surface area contributed by atoms with Gasteiger partial charge < -0.3 is 0 Å². The molecule has 0 aromatic carbocycles. The fourth-order valence-corrected chi connectivity index (χ4v) is 8.75. The summed E-state index contributed by atoms with van der Waals surface area (Å²) < 4.78 is 0. The number of carbonyl (C=O) groups excluding carboxylic acids is 1. The van der Waals surface area contributed by atoms with E-state index in [0.717, 1.165) is 48.3 Å². The van der Waals surface area contributed by atoms with Gasteiger partial charge in [-0.25, -0.2) is 0 Å². The van der Waals surface area contributed by atoms with Gasteiger partial charge in [-0.1, -0.05) is 59.3 Å². The standard InChI is InChI=1S/C29H46O/c1-7-21(19(2)3)9-8-20(4)25-12-13-26-24-11-10-22-18-23(30)14-16-28(22,5)27(24)15-17-29(25,26)6/h8-9,18-21,24-27H,7,10-17H2,1-6H3/b9-8+/t20?,21-,24?,25?,26?,27?,28+,29-/m1/s1. The molecule has 168 valence electrons. The number of allylic oxidation sites excluding steroid dienone is 3. The van der Waals surface area contributed by atoms with Gasteiger partial charge in [-0.15, -0.1) is 0 Å². The number of rotatable bonds is 5. The number of carbonyl (C=O) groups is 1. The molecule has 8 atom stereocenters. The van der Waals surface area contributed by atoms with Crippen LogP contribution in [0.1, 0.15) is 99.3 Å². The topological polar surface area (TPSA) is 17.1 Å². The maximum Gasteiger partial charge on any atom is 0.155 e. The van der Waals surface area contributed by atoms with Crippen LogP contribution in [0, 0.1) is 52.3 Å². The number of hydrogen-bond acceptors (Lipinski definition) is 1. The van der Waals surface area contributed by atoms with Gasteiger partial charge in [0.15, 0.2) is 5.78 Å². The van der Waals surface area contributed by atoms with E-state index in [1.54, 1.807) is 0 Å². The lowest BCUT2D eigenvalue weighted by Crippen LogP contribution is -2.50. The molecule has 3 fully saturated rings. The zero-order chi connectivity index (χ0) is 21.7. The van der Waals surface area contributed by atoms with E-state index in [4.69, 9.17) is 0 Å². The zero-order valence-electron chi connectivity index (χ0n) is 20.5. The fourth-order valence-electron chi connectivity index (χ4n) is 8.75. The second-order valence-corrected chi connectivity index (χ2v) is 12.3. The lowest BCUT2D eigenvalue weighted by molar-refractivity contribution is -0.117. The highest BCUT2D eigenvalue weighted by Gasteiger charge is 2.59. The molecule has 0 aromatic heterocycles. The maximum absolute atomic E-state index is 12.1. The molecule has 0 N–H and O–H groups in total. The van der Waals surface area contributed by atoms with E-state index in [1.807, 2.05) is 0 Å². The number of hydrogen-bond donors (Lipinski definition) is 0. The molecule has 0 aromatic rings. The molecule has 1 heteroatoms. The molecule has 3 saturated carbocycles. The summed E-state index contributed by atoms with van der Waals surface area (Å²) in [7, 11) is 0. The van der Waals surface area contributed by atoms with Crippen LogP contribution < -0.4 is 0 Å². The van der Waals surface area contributed by atoms with Gasteiger partial charge >= 0.3 is 0 Å². The molecule has 0 aliphatic heterocycles. The normalized spacial score (nSPS) is 43.2. The molecule has 0 saturated heterocycles. The van der Waals surface area contributed by atoms with Gasteiger partial charge in [-0.05, 0) is 110 Å². The lowest BCUT2D eigenvalue weighted by Gasteiger charge is -2.58. The zero-order valence-corrected chi connectivity index (χ0v) is 20.5. The van der Waals surface area contributed by atoms with Crippen molar-refractivity contribution in [3.05, 3.63) is 23.8 Å². The van der Waals surface area contributed by atoms with Crippen LogP contribution in [0.5, 0.6) is 0 Å². The predicted molar refractivity (Wildman–Crippen MR) is 127 cm³/mol. The van der Waals surface area contributed by atoms with Crippen molar-refractivity contribution in [1.82, 2.24) is 0 Å². The van der Waals surface area contributed by atoms with Gasteiger partial charge in [0.1, 0.15) is 0 Å². The Labute approximate surface area is 186 Å². The van der Waals surface area contributed by atoms with Gasteiger partial charge in [0.2, 0.25) is 0 Å². The van der Waals surface area contributed by atoms with Crippen LogP contribution in [0.3, 0.4) is 0 Å². The Bertz CT molecular complexity index is 714. The van der Waals surface area contributed by atoms with E-state index in [9.17, 15) is 4.79 Å². The summed E-state index contributed by atoms with van der Waals surface area (Å²) >= 11 is 0. The Balaban J connectivity index is 1.52. The highest BCUT2D eigenvalue weighted by atomic mass is 16.1. The Kier molecular flexibility index (Phi) is 6.15. The van der Waals surface area contributed by atoms with E-state index in [-0.39, 0.29) is 0 Å². The first-order valence-corrected chi connectivity index (χ1v) is 13.1. The number of fused-ring (bicyclic) bond motifs is 5. The minimum Gasteiger partial charge on any atom is -0.295 e. The maximum atomic E-state index is 12.1. The van der Waals surface area contributed by atoms with Crippen molar-refractivity contribution in [2.45, 2.75) is 99.3 Å². The van der Waals surface area contributed by atoms with Gasteiger partial charge in [-0.2, -0.15) is 0 Å². The van der Waals surface area contributed by atoms with E-state index < -0.39 is 0 Å². The second-order valence-electron chi connectivity index (χ2n) is 12.3. The first-order valence-electron chi connectivity index (χ1n) is 13.1. The Morgan fingerprint density at radius 1 is 1.00 bits per heavy atom. The molecule has 0 amide bonds. The summed E-state index contributed by atoms with van der Waals surface area (Å²) in [5, 5.41) is 0. The van der Waals surface area contributed by atoms with Gasteiger partial charge in [0.05, 0.1) is 0 Å². The smallest absolute Gasteiger partial charge is 0.155 e. The van der Waals surface area contributed by atoms with Crippen LogP contribution in [0.4, 0.5) is 0 Å². The molecule has 4 aliphatic carbocycles. The van der Waals surface area contributed by atoms with Crippen molar-refractivity contribution in [3.63, 3.8) is 0 Å². The Hall–Kier alpha value is -0.850. The molecule has 30 heavy (non-hydrogen) atoms.